The summed E-state index contributed by atoms with van der Waals surface area (Å²) in [6.07, 6.45) is 5.61. The lowest BCUT2D eigenvalue weighted by Gasteiger charge is -1.99. The van der Waals surface area contributed by atoms with Gasteiger partial charge in [0.1, 0.15) is 0 Å². The molecule has 0 aliphatic rings. The van der Waals surface area contributed by atoms with Crippen molar-refractivity contribution in [2.45, 2.75) is 26.2 Å². The first-order chi connectivity index (χ1) is 5.83. The predicted octanol–water partition coefficient (Wildman–Crippen LogP) is 3.51. The lowest BCUT2D eigenvalue weighted by atomic mass is 10.2. The van der Waals surface area contributed by atoms with Gasteiger partial charge in [0.15, 0.2) is 5.13 Å². The van der Waals surface area contributed by atoms with Crippen LogP contribution in [0, 0.1) is 0 Å². The Kier molecular flexibility index (Phi) is 4.61. The number of aromatic nitrogens is 1. The fourth-order valence-electron chi connectivity index (χ4n) is 0.906. The summed E-state index contributed by atoms with van der Waals surface area (Å²) < 4.78 is 1.08. The van der Waals surface area contributed by atoms with Crippen LogP contribution < -0.4 is 5.32 Å². The molecule has 1 rings (SSSR count). The van der Waals surface area contributed by atoms with E-state index in [1.807, 2.05) is 6.20 Å². The molecule has 0 unspecified atom stereocenters. The van der Waals surface area contributed by atoms with E-state index in [-0.39, 0.29) is 0 Å². The van der Waals surface area contributed by atoms with Crippen LogP contribution in [0.25, 0.3) is 0 Å². The van der Waals surface area contributed by atoms with E-state index in [0.717, 1.165) is 15.5 Å². The summed E-state index contributed by atoms with van der Waals surface area (Å²) in [7, 11) is 0. The van der Waals surface area contributed by atoms with Crippen molar-refractivity contribution in [1.82, 2.24) is 4.98 Å². The van der Waals surface area contributed by atoms with Crippen LogP contribution in [0.2, 0.25) is 0 Å². The molecule has 0 aliphatic carbocycles. The highest BCUT2D eigenvalue weighted by molar-refractivity contribution is 9.11. The third kappa shape index (κ3) is 3.54. The van der Waals surface area contributed by atoms with Crippen molar-refractivity contribution < 1.29 is 0 Å². The van der Waals surface area contributed by atoms with Crippen LogP contribution in [0.5, 0.6) is 0 Å². The van der Waals surface area contributed by atoms with Gasteiger partial charge in [-0.15, -0.1) is 0 Å². The molecule has 0 saturated heterocycles. The third-order valence-corrected chi connectivity index (χ3v) is 2.97. The molecule has 0 spiro atoms. The average molecular weight is 249 g/mol. The van der Waals surface area contributed by atoms with Crippen molar-refractivity contribution in [1.29, 1.82) is 0 Å². The van der Waals surface area contributed by atoms with Crippen LogP contribution in [-0.2, 0) is 0 Å². The molecule has 0 fully saturated rings. The highest BCUT2D eigenvalue weighted by Crippen LogP contribution is 2.22. The average Bonchev–Trinajstić information content (AvgIpc) is 2.45. The Hall–Kier alpha value is -0.0900. The number of hydrogen-bond acceptors (Lipinski definition) is 3. The monoisotopic (exact) mass is 248 g/mol. The fourth-order valence-corrected chi connectivity index (χ4v) is 2.04. The van der Waals surface area contributed by atoms with Gasteiger partial charge in [-0.2, -0.15) is 0 Å². The summed E-state index contributed by atoms with van der Waals surface area (Å²) in [4.78, 5) is 4.17. The van der Waals surface area contributed by atoms with Gasteiger partial charge in [-0.05, 0) is 22.4 Å². The molecule has 0 bridgehead atoms. The molecule has 12 heavy (non-hydrogen) atoms. The molecule has 0 atom stereocenters. The van der Waals surface area contributed by atoms with Gasteiger partial charge >= 0.3 is 0 Å². The maximum absolute atomic E-state index is 4.17. The molecule has 2 nitrogen and oxygen atoms in total. The van der Waals surface area contributed by atoms with Crippen LogP contribution in [-0.4, -0.2) is 11.5 Å². The van der Waals surface area contributed by atoms with Crippen LogP contribution in [0.1, 0.15) is 26.2 Å². The van der Waals surface area contributed by atoms with E-state index in [0.29, 0.717) is 0 Å². The number of unbranched alkanes of at least 4 members (excludes halogenated alkanes) is 2. The Bertz CT molecular complexity index is 225. The van der Waals surface area contributed by atoms with Crippen LogP contribution in [0.3, 0.4) is 0 Å². The normalized spacial score (nSPS) is 10.2. The van der Waals surface area contributed by atoms with Gasteiger partial charge in [0, 0.05) is 6.54 Å². The zero-order valence-corrected chi connectivity index (χ0v) is 9.54. The maximum Gasteiger partial charge on any atom is 0.183 e. The second-order valence-corrected chi connectivity index (χ2v) is 5.01. The highest BCUT2D eigenvalue weighted by atomic mass is 79.9. The van der Waals surface area contributed by atoms with Gasteiger partial charge in [0.2, 0.25) is 0 Å². The number of nitrogens with zero attached hydrogens (tertiary/aromatic N) is 1. The summed E-state index contributed by atoms with van der Waals surface area (Å²) in [5.74, 6) is 0. The molecular weight excluding hydrogens is 236 g/mol. The second-order valence-electron chi connectivity index (χ2n) is 2.60. The standard InChI is InChI=1S/C8H13BrN2S/c1-2-3-4-5-10-8-11-6-7(9)12-8/h6H,2-5H2,1H3,(H,10,11). The molecule has 4 heteroatoms. The van der Waals surface area contributed by atoms with Crippen molar-refractivity contribution in [3.8, 4) is 0 Å². The number of hydrogen-bond donors (Lipinski definition) is 1. The molecule has 0 aliphatic heterocycles. The molecule has 68 valence electrons. The Labute approximate surface area is 85.5 Å². The van der Waals surface area contributed by atoms with E-state index in [2.05, 4.69) is 33.2 Å². The zero-order chi connectivity index (χ0) is 8.81. The number of rotatable bonds is 5. The highest BCUT2D eigenvalue weighted by Gasteiger charge is 1.96. The minimum absolute atomic E-state index is 1.01. The van der Waals surface area contributed by atoms with E-state index >= 15 is 0 Å². The topological polar surface area (TPSA) is 24.9 Å². The van der Waals surface area contributed by atoms with E-state index < -0.39 is 0 Å². The third-order valence-electron chi connectivity index (χ3n) is 1.53. The number of halogens is 1. The minimum atomic E-state index is 1.01. The first-order valence-electron chi connectivity index (χ1n) is 4.18. The number of thiazole rings is 1. The van der Waals surface area contributed by atoms with Crippen LogP contribution in [0.4, 0.5) is 5.13 Å². The van der Waals surface area contributed by atoms with Crippen molar-refractivity contribution in [3.05, 3.63) is 9.98 Å². The number of nitrogens with one attached hydrogen (secondary N) is 1. The summed E-state index contributed by atoms with van der Waals surface area (Å²) in [5.41, 5.74) is 0. The van der Waals surface area contributed by atoms with E-state index in [1.165, 1.54) is 19.3 Å². The van der Waals surface area contributed by atoms with Crippen molar-refractivity contribution >= 4 is 32.4 Å². The molecule has 1 aromatic heterocycles. The zero-order valence-electron chi connectivity index (χ0n) is 7.14. The SMILES string of the molecule is CCCCCNc1ncc(Br)s1. The Morgan fingerprint density at radius 3 is 3.00 bits per heavy atom. The fraction of sp³-hybridized carbons (Fsp3) is 0.625. The summed E-state index contributed by atoms with van der Waals surface area (Å²) in [6.45, 7) is 3.24. The summed E-state index contributed by atoms with van der Waals surface area (Å²) in [5, 5.41) is 4.29. The van der Waals surface area contributed by atoms with Gasteiger partial charge in [-0.25, -0.2) is 4.98 Å². The van der Waals surface area contributed by atoms with Crippen LogP contribution in [0.15, 0.2) is 9.98 Å². The Balaban J connectivity index is 2.15. The predicted molar refractivity (Wildman–Crippen MR) is 57.8 cm³/mol. The largest absolute Gasteiger partial charge is 0.361 e. The molecular formula is C8H13BrN2S. The van der Waals surface area contributed by atoms with E-state index in [9.17, 15) is 0 Å². The van der Waals surface area contributed by atoms with Gasteiger partial charge in [-0.3, -0.25) is 0 Å². The molecule has 1 aromatic rings. The summed E-state index contributed by atoms with van der Waals surface area (Å²) >= 11 is 5.01. The van der Waals surface area contributed by atoms with Gasteiger partial charge < -0.3 is 5.32 Å². The Morgan fingerprint density at radius 1 is 1.58 bits per heavy atom. The second kappa shape index (κ2) is 5.54. The van der Waals surface area contributed by atoms with E-state index in [4.69, 9.17) is 0 Å². The van der Waals surface area contributed by atoms with Crippen molar-refractivity contribution in [2.75, 3.05) is 11.9 Å². The maximum atomic E-state index is 4.17. The van der Waals surface area contributed by atoms with Crippen LogP contribution >= 0.6 is 27.3 Å². The molecule has 0 amide bonds. The van der Waals surface area contributed by atoms with Gasteiger partial charge in [0.25, 0.3) is 0 Å². The Morgan fingerprint density at radius 2 is 2.42 bits per heavy atom. The minimum Gasteiger partial charge on any atom is -0.361 e. The quantitative estimate of drug-likeness (QED) is 0.808. The first-order valence-corrected chi connectivity index (χ1v) is 5.79. The van der Waals surface area contributed by atoms with E-state index in [1.54, 1.807) is 11.3 Å². The lowest BCUT2D eigenvalue weighted by molar-refractivity contribution is 0.743. The first kappa shape index (κ1) is 9.99. The molecule has 0 radical (unpaired) electrons. The van der Waals surface area contributed by atoms with Crippen molar-refractivity contribution in [2.24, 2.45) is 0 Å². The molecule has 1 N–H and O–H groups in total. The van der Waals surface area contributed by atoms with Crippen molar-refractivity contribution in [3.63, 3.8) is 0 Å². The molecule has 1 heterocycles. The molecule has 0 saturated carbocycles. The molecule has 0 aromatic carbocycles. The smallest absolute Gasteiger partial charge is 0.183 e. The van der Waals surface area contributed by atoms with Gasteiger partial charge in [-0.1, -0.05) is 31.1 Å². The lowest BCUT2D eigenvalue weighted by Crippen LogP contribution is -1.99. The van der Waals surface area contributed by atoms with Gasteiger partial charge in [0.05, 0.1) is 9.98 Å². The summed E-state index contributed by atoms with van der Waals surface area (Å²) in [6, 6.07) is 0. The number of anilines is 1.